The normalized spacial score (nSPS) is 10.6. The summed E-state index contributed by atoms with van der Waals surface area (Å²) in [5, 5.41) is 1.10. The number of hydrogen-bond acceptors (Lipinski definition) is 0. The van der Waals surface area contributed by atoms with Crippen molar-refractivity contribution in [3.8, 4) is 0 Å². The summed E-state index contributed by atoms with van der Waals surface area (Å²) < 4.78 is 0. The van der Waals surface area contributed by atoms with Crippen LogP contribution >= 0.6 is 20.1 Å². The second kappa shape index (κ2) is 13.2. The van der Waals surface area contributed by atoms with E-state index in [1.165, 1.54) is 64.2 Å². The Bertz CT molecular complexity index is 118. The summed E-state index contributed by atoms with van der Waals surface area (Å²) in [7, 11) is 11.6. The van der Waals surface area contributed by atoms with E-state index < -0.39 is 12.3 Å². The number of rotatable bonds is 11. The largest absolute Gasteiger partial charge is 0.519 e. The van der Waals surface area contributed by atoms with Crippen LogP contribution < -0.4 is 0 Å². The predicted octanol–water partition coefficient (Wildman–Crippen LogP) is 5.87. The molecule has 90 valence electrons. The third-order valence-electron chi connectivity index (χ3n) is 2.78. The minimum atomic E-state index is -1.30. The highest BCUT2D eigenvalue weighted by Crippen LogP contribution is 2.13. The standard InChI is InChI=1S/C12H25.Al.2ClH/c1-3-5-7-9-11-12-10-8-6-4-2;;;/h1,3-12H2,2H3;;2*1H/q;+2;;/p-2. The van der Waals surface area contributed by atoms with E-state index in [2.05, 4.69) is 6.92 Å². The Morgan fingerprint density at radius 3 is 1.47 bits per heavy atom. The van der Waals surface area contributed by atoms with Crippen molar-refractivity contribution in [3.63, 3.8) is 0 Å². The third-order valence-corrected chi connectivity index (χ3v) is 4.93. The molecule has 0 saturated heterocycles. The zero-order valence-corrected chi connectivity index (χ0v) is 12.8. The van der Waals surface area contributed by atoms with Gasteiger partial charge in [0.15, 0.2) is 0 Å². The van der Waals surface area contributed by atoms with Gasteiger partial charge in [0.2, 0.25) is 0 Å². The second-order valence-electron chi connectivity index (χ2n) is 4.36. The van der Waals surface area contributed by atoms with Gasteiger partial charge in [-0.25, -0.2) is 20.1 Å². The van der Waals surface area contributed by atoms with E-state index in [1.54, 1.807) is 0 Å². The van der Waals surface area contributed by atoms with Crippen molar-refractivity contribution in [2.75, 3.05) is 0 Å². The fraction of sp³-hybridized carbons (Fsp3) is 1.00. The molecule has 0 aromatic heterocycles. The molecule has 0 aliphatic heterocycles. The molecule has 0 saturated carbocycles. The van der Waals surface area contributed by atoms with Gasteiger partial charge in [-0.1, -0.05) is 76.4 Å². The molecule has 15 heavy (non-hydrogen) atoms. The van der Waals surface area contributed by atoms with Crippen LogP contribution in [0.3, 0.4) is 0 Å². The third kappa shape index (κ3) is 15.1. The van der Waals surface area contributed by atoms with Gasteiger partial charge in [-0.3, -0.25) is 0 Å². The van der Waals surface area contributed by atoms with E-state index in [9.17, 15) is 0 Å². The lowest BCUT2D eigenvalue weighted by Gasteiger charge is -2.01. The van der Waals surface area contributed by atoms with E-state index in [4.69, 9.17) is 20.1 Å². The summed E-state index contributed by atoms with van der Waals surface area (Å²) in [6, 6.07) is 0. The summed E-state index contributed by atoms with van der Waals surface area (Å²) >= 11 is -1.30. The van der Waals surface area contributed by atoms with Gasteiger partial charge < -0.3 is 0 Å². The molecule has 0 aromatic rings. The number of hydrogen-bond donors (Lipinski definition) is 0. The van der Waals surface area contributed by atoms with Crippen LogP contribution in [0.2, 0.25) is 5.28 Å². The van der Waals surface area contributed by atoms with Crippen molar-refractivity contribution >= 4 is 32.4 Å². The van der Waals surface area contributed by atoms with Crippen molar-refractivity contribution in [1.82, 2.24) is 0 Å². The van der Waals surface area contributed by atoms with Crippen LogP contribution in [0.5, 0.6) is 0 Å². The van der Waals surface area contributed by atoms with E-state index in [-0.39, 0.29) is 0 Å². The molecule has 0 aliphatic rings. The van der Waals surface area contributed by atoms with Crippen LogP contribution in [0.1, 0.15) is 71.1 Å². The molecule has 0 heterocycles. The first-order valence-corrected chi connectivity index (χ1v) is 10.9. The van der Waals surface area contributed by atoms with Crippen LogP contribution in [0.15, 0.2) is 0 Å². The molecule has 0 radical (unpaired) electrons. The Kier molecular flexibility index (Phi) is 14.2. The van der Waals surface area contributed by atoms with E-state index in [0.717, 1.165) is 5.28 Å². The van der Waals surface area contributed by atoms with Gasteiger partial charge >= 0.3 is 12.3 Å². The lowest BCUT2D eigenvalue weighted by molar-refractivity contribution is 0.562. The molecule has 0 aliphatic carbocycles. The van der Waals surface area contributed by atoms with Crippen LogP contribution in [-0.2, 0) is 0 Å². The van der Waals surface area contributed by atoms with Gasteiger partial charge in [-0.05, 0) is 0 Å². The molecule has 0 N–H and O–H groups in total. The molecule has 0 unspecified atom stereocenters. The van der Waals surface area contributed by atoms with Crippen molar-refractivity contribution in [2.45, 2.75) is 76.4 Å². The molecule has 0 aromatic carbocycles. The van der Waals surface area contributed by atoms with E-state index in [1.807, 2.05) is 0 Å². The predicted molar refractivity (Wildman–Crippen MR) is 74.1 cm³/mol. The Labute approximate surface area is 109 Å². The van der Waals surface area contributed by atoms with Crippen LogP contribution in [0, 0.1) is 0 Å². The maximum Gasteiger partial charge on any atom is 0.519 e. The quantitative estimate of drug-likeness (QED) is 0.324. The number of unbranched alkanes of at least 4 members (excludes halogenated alkanes) is 9. The fourth-order valence-electron chi connectivity index (χ4n) is 1.79. The molecule has 0 rings (SSSR count). The van der Waals surface area contributed by atoms with Gasteiger partial charge in [0, 0.05) is 0 Å². The maximum absolute atomic E-state index is 5.79. The smallest absolute Gasteiger partial charge is 0.234 e. The zero-order chi connectivity index (χ0) is 11.4. The Hall–Kier alpha value is 1.11. The molecular formula is C12H25AlCl2. The summed E-state index contributed by atoms with van der Waals surface area (Å²) in [6.45, 7) is 2.27. The molecule has 0 fully saturated rings. The van der Waals surface area contributed by atoms with Gasteiger partial charge in [-0.15, -0.1) is 0 Å². The summed E-state index contributed by atoms with van der Waals surface area (Å²) in [5.74, 6) is 0. The Morgan fingerprint density at radius 1 is 0.667 bits per heavy atom. The Balaban J connectivity index is 2.87. The highest BCUT2D eigenvalue weighted by Gasteiger charge is 2.08. The molecule has 0 bridgehead atoms. The highest BCUT2D eigenvalue weighted by molar-refractivity contribution is 7.33. The van der Waals surface area contributed by atoms with Crippen molar-refractivity contribution in [3.05, 3.63) is 0 Å². The van der Waals surface area contributed by atoms with Crippen LogP contribution in [0.25, 0.3) is 0 Å². The molecule has 0 spiro atoms. The molecule has 0 amide bonds. The second-order valence-corrected chi connectivity index (χ2v) is 9.55. The lowest BCUT2D eigenvalue weighted by Crippen LogP contribution is -1.91. The summed E-state index contributed by atoms with van der Waals surface area (Å²) in [6.07, 6.45) is 13.9. The Morgan fingerprint density at radius 2 is 1.07 bits per heavy atom. The minimum absolute atomic E-state index is 1.10. The molecular weight excluding hydrogens is 242 g/mol. The van der Waals surface area contributed by atoms with Gasteiger partial charge in [0.1, 0.15) is 0 Å². The van der Waals surface area contributed by atoms with Crippen molar-refractivity contribution < 1.29 is 0 Å². The monoisotopic (exact) mass is 266 g/mol. The SMILES string of the molecule is CCCCCCCCCCC[CH2][Al]([Cl])[Cl]. The number of halogens is 2. The minimum Gasteiger partial charge on any atom is -0.234 e. The van der Waals surface area contributed by atoms with Gasteiger partial charge in [0.05, 0.1) is 0 Å². The first-order chi connectivity index (χ1) is 7.27. The maximum atomic E-state index is 5.79. The highest BCUT2D eigenvalue weighted by atomic mass is 35.7. The molecule has 3 heteroatoms. The van der Waals surface area contributed by atoms with E-state index >= 15 is 0 Å². The average Bonchev–Trinajstić information content (AvgIpc) is 2.20. The lowest BCUT2D eigenvalue weighted by atomic mass is 10.1. The van der Waals surface area contributed by atoms with Crippen LogP contribution in [-0.4, -0.2) is 12.3 Å². The molecule has 0 atom stereocenters. The fourth-order valence-corrected chi connectivity index (χ4v) is 3.31. The average molecular weight is 267 g/mol. The first-order valence-electron chi connectivity index (χ1n) is 6.55. The van der Waals surface area contributed by atoms with Gasteiger partial charge in [0.25, 0.3) is 0 Å². The topological polar surface area (TPSA) is 0 Å². The summed E-state index contributed by atoms with van der Waals surface area (Å²) in [5.41, 5.74) is 0. The van der Waals surface area contributed by atoms with E-state index in [0.29, 0.717) is 0 Å². The first kappa shape index (κ1) is 16.1. The van der Waals surface area contributed by atoms with Crippen molar-refractivity contribution in [2.24, 2.45) is 0 Å². The van der Waals surface area contributed by atoms with Crippen molar-refractivity contribution in [1.29, 1.82) is 0 Å². The summed E-state index contributed by atoms with van der Waals surface area (Å²) in [4.78, 5) is 0. The van der Waals surface area contributed by atoms with Crippen LogP contribution in [0.4, 0.5) is 0 Å². The van der Waals surface area contributed by atoms with Gasteiger partial charge in [-0.2, -0.15) is 0 Å². The zero-order valence-electron chi connectivity index (χ0n) is 10.1. The molecule has 0 nitrogen and oxygen atoms in total.